The van der Waals surface area contributed by atoms with Crippen molar-refractivity contribution < 1.29 is 4.79 Å². The van der Waals surface area contributed by atoms with Crippen LogP contribution in [0.3, 0.4) is 0 Å². The summed E-state index contributed by atoms with van der Waals surface area (Å²) in [7, 11) is 0. The van der Waals surface area contributed by atoms with Crippen molar-refractivity contribution in [1.82, 2.24) is 9.99 Å². The largest absolute Gasteiger partial charge is 0.340 e. The Hall–Kier alpha value is -2.67. The van der Waals surface area contributed by atoms with Gasteiger partial charge in [-0.1, -0.05) is 48.5 Å². The van der Waals surface area contributed by atoms with Crippen molar-refractivity contribution in [2.24, 2.45) is 5.10 Å². The Morgan fingerprint density at radius 3 is 2.56 bits per heavy atom. The Bertz CT molecular complexity index is 1130. The second-order valence-electron chi connectivity index (χ2n) is 6.28. The fraction of sp³-hybridized carbons (Fsp3) is 0.0909. The van der Waals surface area contributed by atoms with E-state index in [1.54, 1.807) is 6.21 Å². The smallest absolute Gasteiger partial charge is 0.241 e. The van der Waals surface area contributed by atoms with E-state index in [4.69, 9.17) is 0 Å². The molecule has 0 saturated heterocycles. The van der Waals surface area contributed by atoms with Gasteiger partial charge in [0.05, 0.1) is 6.21 Å². The van der Waals surface area contributed by atoms with Crippen molar-refractivity contribution in [3.63, 3.8) is 0 Å². The number of carbonyl (C=O) groups is 1. The highest BCUT2D eigenvalue weighted by molar-refractivity contribution is 14.1. The zero-order valence-corrected chi connectivity index (χ0v) is 16.8. The number of nitrogens with one attached hydrogen (secondary N) is 1. The van der Waals surface area contributed by atoms with Gasteiger partial charge in [-0.3, -0.25) is 4.79 Å². The molecule has 1 aromatic heterocycles. The van der Waals surface area contributed by atoms with Crippen LogP contribution in [0.2, 0.25) is 0 Å². The quantitative estimate of drug-likeness (QED) is 0.252. The first kappa shape index (κ1) is 17.7. The third-order valence-electron chi connectivity index (χ3n) is 4.50. The Kier molecular flexibility index (Phi) is 5.20. The molecule has 1 heterocycles. The summed E-state index contributed by atoms with van der Waals surface area (Å²) in [5, 5.41) is 6.48. The van der Waals surface area contributed by atoms with E-state index >= 15 is 0 Å². The van der Waals surface area contributed by atoms with Gasteiger partial charge in [0.15, 0.2) is 0 Å². The van der Waals surface area contributed by atoms with E-state index in [0.717, 1.165) is 16.6 Å². The molecule has 0 aliphatic heterocycles. The maximum absolute atomic E-state index is 12.2. The highest BCUT2D eigenvalue weighted by Crippen LogP contribution is 2.30. The van der Waals surface area contributed by atoms with Gasteiger partial charge in [0.25, 0.3) is 0 Å². The molecule has 0 aliphatic rings. The van der Waals surface area contributed by atoms with Crippen LogP contribution in [0.5, 0.6) is 0 Å². The fourth-order valence-corrected chi connectivity index (χ4v) is 3.75. The number of benzene rings is 3. The van der Waals surface area contributed by atoms with E-state index in [1.807, 2.05) is 36.4 Å². The minimum Gasteiger partial charge on any atom is -0.340 e. The average Bonchev–Trinajstić information content (AvgIpc) is 3.00. The van der Waals surface area contributed by atoms with E-state index in [2.05, 4.69) is 74.1 Å². The van der Waals surface area contributed by atoms with Gasteiger partial charge in [-0.05, 0) is 52.4 Å². The predicted molar refractivity (Wildman–Crippen MR) is 119 cm³/mol. The third-order valence-corrected chi connectivity index (χ3v) is 5.17. The summed E-state index contributed by atoms with van der Waals surface area (Å²) < 4.78 is 3.41. The van der Waals surface area contributed by atoms with Crippen molar-refractivity contribution in [2.75, 3.05) is 0 Å². The van der Waals surface area contributed by atoms with Gasteiger partial charge in [0.1, 0.15) is 0 Å². The molecule has 4 nitrogen and oxygen atoms in total. The number of hydrazone groups is 1. The molecule has 1 amide bonds. The molecule has 0 atom stereocenters. The number of carbonyl (C=O) groups excluding carboxylic acids is 1. The molecular weight excluding hydrogens is 449 g/mol. The summed E-state index contributed by atoms with van der Waals surface area (Å²) in [6.45, 7) is 0.608. The highest BCUT2D eigenvalue weighted by Gasteiger charge is 2.11. The van der Waals surface area contributed by atoms with Gasteiger partial charge in [0, 0.05) is 38.3 Å². The number of para-hydroxylation sites is 1. The van der Waals surface area contributed by atoms with Crippen LogP contribution < -0.4 is 5.43 Å². The van der Waals surface area contributed by atoms with Gasteiger partial charge < -0.3 is 4.57 Å². The Morgan fingerprint density at radius 2 is 1.70 bits per heavy atom. The second-order valence-corrected chi connectivity index (χ2v) is 7.53. The molecular formula is C22H18IN3O. The molecule has 1 N–H and O–H groups in total. The summed E-state index contributed by atoms with van der Waals surface area (Å²) in [6.07, 6.45) is 2.02. The number of hydrogen-bond donors (Lipinski definition) is 1. The van der Waals surface area contributed by atoms with Gasteiger partial charge in [-0.15, -0.1) is 0 Å². The van der Waals surface area contributed by atoms with Crippen LogP contribution in [0, 0.1) is 3.57 Å². The summed E-state index contributed by atoms with van der Waals surface area (Å²) >= 11 is 2.33. The van der Waals surface area contributed by atoms with Crippen molar-refractivity contribution >= 4 is 56.5 Å². The first-order valence-electron chi connectivity index (χ1n) is 8.76. The number of nitrogens with zero attached hydrogens (tertiary/aromatic N) is 2. The van der Waals surface area contributed by atoms with Gasteiger partial charge in [-0.2, -0.15) is 5.10 Å². The van der Waals surface area contributed by atoms with Gasteiger partial charge in [-0.25, -0.2) is 5.43 Å². The lowest BCUT2D eigenvalue weighted by molar-refractivity contribution is -0.121. The number of aryl methyl sites for hydroxylation is 1. The maximum atomic E-state index is 12.2. The number of amides is 1. The number of fused-ring (bicyclic) bond motifs is 3. The van der Waals surface area contributed by atoms with E-state index < -0.39 is 0 Å². The van der Waals surface area contributed by atoms with Crippen LogP contribution >= 0.6 is 22.6 Å². The van der Waals surface area contributed by atoms with Crippen LogP contribution in [0.25, 0.3) is 21.8 Å². The Balaban J connectivity index is 1.51. The van der Waals surface area contributed by atoms with E-state index in [-0.39, 0.29) is 5.91 Å². The molecule has 0 fully saturated rings. The predicted octanol–water partition coefficient (Wildman–Crippen LogP) is 4.94. The molecule has 4 aromatic rings. The van der Waals surface area contributed by atoms with Crippen molar-refractivity contribution in [3.8, 4) is 0 Å². The summed E-state index contributed by atoms with van der Waals surface area (Å²) in [6, 6.07) is 24.4. The minimum absolute atomic E-state index is 0.0985. The zero-order valence-electron chi connectivity index (χ0n) is 14.6. The van der Waals surface area contributed by atoms with E-state index in [0.29, 0.717) is 13.0 Å². The van der Waals surface area contributed by atoms with Gasteiger partial charge >= 0.3 is 0 Å². The number of hydrogen-bond acceptors (Lipinski definition) is 2. The first-order valence-corrected chi connectivity index (χ1v) is 9.84. The molecule has 0 aliphatic carbocycles. The van der Waals surface area contributed by atoms with Gasteiger partial charge in [0.2, 0.25) is 5.91 Å². The molecule has 0 radical (unpaired) electrons. The molecule has 0 saturated carbocycles. The fourth-order valence-electron chi connectivity index (χ4n) is 3.25. The maximum Gasteiger partial charge on any atom is 0.241 e. The number of aromatic nitrogens is 1. The molecule has 4 rings (SSSR count). The molecule has 0 unspecified atom stereocenters. The van der Waals surface area contributed by atoms with Crippen molar-refractivity contribution in [3.05, 3.63) is 81.9 Å². The molecule has 3 aromatic carbocycles. The second kappa shape index (κ2) is 7.92. The standard InChI is InChI=1S/C22H18IN3O/c23-17-10-11-21-19(14-17)18-8-4-5-9-20(18)26(21)13-12-22(27)25-24-15-16-6-2-1-3-7-16/h1-11,14-15H,12-13H2,(H,25,27)/b24-15-. The lowest BCUT2D eigenvalue weighted by Gasteiger charge is -2.07. The van der Waals surface area contributed by atoms with Crippen molar-refractivity contribution in [2.45, 2.75) is 13.0 Å². The lowest BCUT2D eigenvalue weighted by Crippen LogP contribution is -2.19. The SMILES string of the molecule is O=C(CCn1c2ccccc2c2cc(I)ccc21)N/N=C\c1ccccc1. The average molecular weight is 467 g/mol. The van der Waals surface area contributed by atoms with Crippen LogP contribution in [0.15, 0.2) is 77.9 Å². The number of rotatable bonds is 5. The lowest BCUT2D eigenvalue weighted by atomic mass is 10.2. The third kappa shape index (κ3) is 3.88. The topological polar surface area (TPSA) is 46.4 Å². The summed E-state index contributed by atoms with van der Waals surface area (Å²) in [4.78, 5) is 12.2. The first-order chi connectivity index (χ1) is 13.2. The highest BCUT2D eigenvalue weighted by atomic mass is 127. The monoisotopic (exact) mass is 467 g/mol. The molecule has 134 valence electrons. The van der Waals surface area contributed by atoms with Crippen LogP contribution in [0.4, 0.5) is 0 Å². The van der Waals surface area contributed by atoms with Crippen LogP contribution in [-0.2, 0) is 11.3 Å². The van der Waals surface area contributed by atoms with E-state index in [1.165, 1.54) is 14.3 Å². The summed E-state index contributed by atoms with van der Waals surface area (Å²) in [5.41, 5.74) is 5.87. The molecule has 0 spiro atoms. The molecule has 5 heteroatoms. The zero-order chi connectivity index (χ0) is 18.6. The Labute approximate surface area is 171 Å². The minimum atomic E-state index is -0.0985. The Morgan fingerprint density at radius 1 is 0.963 bits per heavy atom. The normalized spacial score (nSPS) is 11.4. The van der Waals surface area contributed by atoms with Crippen LogP contribution in [0.1, 0.15) is 12.0 Å². The molecule has 27 heavy (non-hydrogen) atoms. The molecule has 0 bridgehead atoms. The van der Waals surface area contributed by atoms with Crippen molar-refractivity contribution in [1.29, 1.82) is 0 Å². The van der Waals surface area contributed by atoms with E-state index in [9.17, 15) is 4.79 Å². The number of halogens is 1. The van der Waals surface area contributed by atoms with Crippen LogP contribution in [-0.4, -0.2) is 16.7 Å². The summed E-state index contributed by atoms with van der Waals surface area (Å²) in [5.74, 6) is -0.0985.